The van der Waals surface area contributed by atoms with Gasteiger partial charge in [0.2, 0.25) is 17.7 Å². The summed E-state index contributed by atoms with van der Waals surface area (Å²) in [5.41, 5.74) is 6.24. The summed E-state index contributed by atoms with van der Waals surface area (Å²) in [6.45, 7) is 0.955. The molecule has 2 atom stereocenters. The molecule has 1 aliphatic rings. The number of carbonyl (C=O) groups is 1. The summed E-state index contributed by atoms with van der Waals surface area (Å²) in [5.74, 6) is 0.467. The highest BCUT2D eigenvalue weighted by Gasteiger charge is 2.36. The molecule has 1 aromatic heterocycles. The van der Waals surface area contributed by atoms with Gasteiger partial charge in [-0.05, 0) is 30.7 Å². The molecule has 0 aliphatic carbocycles. The van der Waals surface area contributed by atoms with Gasteiger partial charge in [-0.3, -0.25) is 9.69 Å². The van der Waals surface area contributed by atoms with Crippen molar-refractivity contribution in [2.45, 2.75) is 25.1 Å². The number of hydrogen-bond donors (Lipinski definition) is 1. The van der Waals surface area contributed by atoms with Crippen molar-refractivity contribution in [2.75, 3.05) is 13.7 Å². The number of methoxy groups -OCH3 is 1. The van der Waals surface area contributed by atoms with Gasteiger partial charge in [0.25, 0.3) is 0 Å². The van der Waals surface area contributed by atoms with Gasteiger partial charge in [-0.1, -0.05) is 11.6 Å². The van der Waals surface area contributed by atoms with Crippen molar-refractivity contribution in [1.82, 2.24) is 15.1 Å². The molecule has 1 saturated heterocycles. The summed E-state index contributed by atoms with van der Waals surface area (Å²) >= 11 is 5.86. The van der Waals surface area contributed by atoms with Crippen LogP contribution in [-0.4, -0.2) is 46.8 Å². The van der Waals surface area contributed by atoms with E-state index < -0.39 is 0 Å². The van der Waals surface area contributed by atoms with Gasteiger partial charge in [-0.2, -0.15) is 0 Å². The highest BCUT2D eigenvalue weighted by Crippen LogP contribution is 2.24. The van der Waals surface area contributed by atoms with E-state index in [1.54, 1.807) is 19.2 Å². The minimum atomic E-state index is -0.383. The Kier molecular flexibility index (Phi) is 4.61. The maximum atomic E-state index is 11.6. The maximum Gasteiger partial charge on any atom is 0.247 e. The van der Waals surface area contributed by atoms with E-state index in [0.717, 1.165) is 5.56 Å². The van der Waals surface area contributed by atoms with Crippen LogP contribution in [0.2, 0.25) is 5.02 Å². The number of nitrogens with two attached hydrogens (primary N) is 1. The van der Waals surface area contributed by atoms with Crippen LogP contribution in [0.3, 0.4) is 0 Å². The first kappa shape index (κ1) is 15.9. The third kappa shape index (κ3) is 3.52. The molecule has 3 rings (SSSR count). The predicted molar refractivity (Wildman–Crippen MR) is 83.6 cm³/mol. The molecule has 2 aromatic rings. The Bertz CT molecular complexity index is 688. The van der Waals surface area contributed by atoms with Crippen molar-refractivity contribution in [3.05, 3.63) is 35.2 Å². The van der Waals surface area contributed by atoms with Gasteiger partial charge in [0, 0.05) is 24.2 Å². The second-order valence-corrected chi connectivity index (χ2v) is 5.89. The Morgan fingerprint density at radius 3 is 2.83 bits per heavy atom. The largest absolute Gasteiger partial charge is 0.419 e. The SMILES string of the molecule is CO[C@H]1C[C@@H](C(N)=O)N(Cc2nnc(-c3ccc(Cl)cc3)o2)C1. The zero-order valence-electron chi connectivity index (χ0n) is 12.6. The van der Waals surface area contributed by atoms with Gasteiger partial charge >= 0.3 is 0 Å². The molecule has 8 heteroatoms. The molecule has 2 N–H and O–H groups in total. The van der Waals surface area contributed by atoms with Gasteiger partial charge < -0.3 is 14.9 Å². The van der Waals surface area contributed by atoms with Crippen LogP contribution in [0, 0.1) is 0 Å². The third-order valence-corrected chi connectivity index (χ3v) is 4.18. The number of carbonyl (C=O) groups excluding carboxylic acids is 1. The number of rotatable bonds is 5. The zero-order chi connectivity index (χ0) is 16.4. The fourth-order valence-corrected chi connectivity index (χ4v) is 2.83. The standard InChI is InChI=1S/C15H17ClN4O3/c1-22-11-6-12(14(17)21)20(7-11)8-13-18-19-15(23-13)9-2-4-10(16)5-3-9/h2-5,11-12H,6-8H2,1H3,(H2,17,21)/t11-,12-/m0/s1. The van der Waals surface area contributed by atoms with Crippen molar-refractivity contribution in [3.8, 4) is 11.5 Å². The molecule has 122 valence electrons. The molecule has 0 saturated carbocycles. The van der Waals surface area contributed by atoms with E-state index in [9.17, 15) is 4.79 Å². The molecule has 23 heavy (non-hydrogen) atoms. The molecule has 0 bridgehead atoms. The number of nitrogens with zero attached hydrogens (tertiary/aromatic N) is 3. The lowest BCUT2D eigenvalue weighted by atomic mass is 10.2. The summed E-state index contributed by atoms with van der Waals surface area (Å²) in [6.07, 6.45) is 0.551. The number of ether oxygens (including phenoxy) is 1. The zero-order valence-corrected chi connectivity index (χ0v) is 13.4. The number of halogens is 1. The quantitative estimate of drug-likeness (QED) is 0.888. The van der Waals surface area contributed by atoms with Crippen LogP contribution >= 0.6 is 11.6 Å². The van der Waals surface area contributed by atoms with E-state index in [1.807, 2.05) is 17.0 Å². The molecule has 0 unspecified atom stereocenters. The van der Waals surface area contributed by atoms with E-state index in [1.165, 1.54) is 0 Å². The summed E-state index contributed by atoms with van der Waals surface area (Å²) < 4.78 is 11.0. The van der Waals surface area contributed by atoms with Crippen molar-refractivity contribution >= 4 is 17.5 Å². The van der Waals surface area contributed by atoms with Crippen molar-refractivity contribution in [3.63, 3.8) is 0 Å². The molecule has 7 nitrogen and oxygen atoms in total. The van der Waals surface area contributed by atoms with E-state index >= 15 is 0 Å². The Labute approximate surface area is 138 Å². The highest BCUT2D eigenvalue weighted by molar-refractivity contribution is 6.30. The number of benzene rings is 1. The van der Waals surface area contributed by atoms with Gasteiger partial charge in [-0.15, -0.1) is 10.2 Å². The fraction of sp³-hybridized carbons (Fsp3) is 0.400. The number of aromatic nitrogens is 2. The second-order valence-electron chi connectivity index (χ2n) is 5.45. The van der Waals surface area contributed by atoms with Gasteiger partial charge in [0.1, 0.15) is 0 Å². The van der Waals surface area contributed by atoms with Crippen LogP contribution in [0.15, 0.2) is 28.7 Å². The minimum absolute atomic E-state index is 0.0221. The second kappa shape index (κ2) is 6.66. The lowest BCUT2D eigenvalue weighted by molar-refractivity contribution is -0.122. The maximum absolute atomic E-state index is 11.6. The number of primary amides is 1. The topological polar surface area (TPSA) is 94.5 Å². The van der Waals surface area contributed by atoms with E-state index in [-0.39, 0.29) is 18.1 Å². The molecule has 0 radical (unpaired) electrons. The average molecular weight is 337 g/mol. The Morgan fingerprint density at radius 2 is 2.17 bits per heavy atom. The Morgan fingerprint density at radius 1 is 1.43 bits per heavy atom. The van der Waals surface area contributed by atoms with Crippen LogP contribution < -0.4 is 5.73 Å². The lowest BCUT2D eigenvalue weighted by Gasteiger charge is -2.19. The van der Waals surface area contributed by atoms with Gasteiger partial charge in [0.15, 0.2) is 0 Å². The number of hydrogen-bond acceptors (Lipinski definition) is 6. The van der Waals surface area contributed by atoms with E-state index in [4.69, 9.17) is 26.5 Å². The smallest absolute Gasteiger partial charge is 0.247 e. The number of likely N-dealkylation sites (tertiary alicyclic amines) is 1. The summed E-state index contributed by atoms with van der Waals surface area (Å²) in [6, 6.07) is 6.75. The number of amides is 1. The average Bonchev–Trinajstić information content (AvgIpc) is 3.15. The first-order valence-electron chi connectivity index (χ1n) is 7.21. The molecule has 0 spiro atoms. The van der Waals surface area contributed by atoms with Crippen LogP contribution in [-0.2, 0) is 16.1 Å². The minimum Gasteiger partial charge on any atom is -0.419 e. The molecule has 1 aliphatic heterocycles. The van der Waals surface area contributed by atoms with Crippen LogP contribution in [0.25, 0.3) is 11.5 Å². The fourth-order valence-electron chi connectivity index (χ4n) is 2.70. The first-order valence-corrected chi connectivity index (χ1v) is 7.59. The summed E-state index contributed by atoms with van der Waals surface area (Å²) in [4.78, 5) is 13.5. The molecular weight excluding hydrogens is 320 g/mol. The van der Waals surface area contributed by atoms with E-state index in [2.05, 4.69) is 10.2 Å². The molecule has 1 amide bonds. The first-order chi connectivity index (χ1) is 11.1. The summed E-state index contributed by atoms with van der Waals surface area (Å²) in [7, 11) is 1.62. The van der Waals surface area contributed by atoms with Gasteiger partial charge in [-0.25, -0.2) is 0 Å². The predicted octanol–water partition coefficient (Wildman–Crippen LogP) is 1.46. The molecule has 2 heterocycles. The van der Waals surface area contributed by atoms with Crippen LogP contribution in [0.5, 0.6) is 0 Å². The normalized spacial score (nSPS) is 21.7. The van der Waals surface area contributed by atoms with Crippen molar-refractivity contribution in [1.29, 1.82) is 0 Å². The molecule has 1 aromatic carbocycles. The molecular formula is C15H17ClN4O3. The Balaban J connectivity index is 1.73. The van der Waals surface area contributed by atoms with Gasteiger partial charge in [0.05, 0.1) is 18.7 Å². The third-order valence-electron chi connectivity index (χ3n) is 3.92. The van der Waals surface area contributed by atoms with Crippen molar-refractivity contribution in [2.24, 2.45) is 5.73 Å². The molecule has 1 fully saturated rings. The monoisotopic (exact) mass is 336 g/mol. The lowest BCUT2D eigenvalue weighted by Crippen LogP contribution is -2.39. The highest BCUT2D eigenvalue weighted by atomic mass is 35.5. The van der Waals surface area contributed by atoms with Crippen LogP contribution in [0.4, 0.5) is 0 Å². The van der Waals surface area contributed by atoms with Crippen LogP contribution in [0.1, 0.15) is 12.3 Å². The summed E-state index contributed by atoms with van der Waals surface area (Å²) in [5, 5.41) is 8.71. The van der Waals surface area contributed by atoms with Crippen molar-refractivity contribution < 1.29 is 13.9 Å². The Hall–Kier alpha value is -1.96. The van der Waals surface area contributed by atoms with E-state index in [0.29, 0.717) is 36.3 Å².